The summed E-state index contributed by atoms with van der Waals surface area (Å²) in [6.45, 7) is 0.701. The van der Waals surface area contributed by atoms with E-state index in [0.717, 1.165) is 11.1 Å². The van der Waals surface area contributed by atoms with Crippen molar-refractivity contribution < 1.29 is 32.5 Å². The fraction of sp³-hybridized carbons (Fsp3) is 0.160. The molecular formula is C25H21F3N2O4. The van der Waals surface area contributed by atoms with E-state index in [0.29, 0.717) is 36.5 Å². The van der Waals surface area contributed by atoms with Gasteiger partial charge in [-0.1, -0.05) is 30.3 Å². The van der Waals surface area contributed by atoms with Gasteiger partial charge < -0.3 is 25.1 Å². The molecule has 176 valence electrons. The highest BCUT2D eigenvalue weighted by molar-refractivity contribution is 5.98. The van der Waals surface area contributed by atoms with Gasteiger partial charge in [0, 0.05) is 0 Å². The van der Waals surface area contributed by atoms with Gasteiger partial charge in [-0.05, 0) is 53.6 Å². The Labute approximate surface area is 193 Å². The van der Waals surface area contributed by atoms with Crippen LogP contribution < -0.4 is 19.9 Å². The van der Waals surface area contributed by atoms with Crippen LogP contribution in [0.5, 0.6) is 23.0 Å². The second kappa shape index (κ2) is 9.78. The van der Waals surface area contributed by atoms with Gasteiger partial charge in [-0.25, -0.2) is 4.99 Å². The van der Waals surface area contributed by atoms with Crippen molar-refractivity contribution in [3.63, 3.8) is 0 Å². The number of benzene rings is 3. The number of phenols is 1. The molecule has 3 aromatic rings. The lowest BCUT2D eigenvalue weighted by molar-refractivity contribution is -0.0925. The molecule has 9 heteroatoms. The van der Waals surface area contributed by atoms with Gasteiger partial charge in [-0.3, -0.25) is 0 Å². The third-order valence-electron chi connectivity index (χ3n) is 4.91. The van der Waals surface area contributed by atoms with E-state index in [1.165, 1.54) is 12.1 Å². The molecule has 0 bridgehead atoms. The predicted octanol–water partition coefficient (Wildman–Crippen LogP) is 5.39. The summed E-state index contributed by atoms with van der Waals surface area (Å²) < 4.78 is 55.6. The number of para-hydroxylation sites is 2. The van der Waals surface area contributed by atoms with Gasteiger partial charge in [0.1, 0.15) is 42.7 Å². The number of rotatable bonds is 6. The topological polar surface area (TPSA) is 86.3 Å². The molecule has 1 aliphatic heterocycles. The SMILES string of the molecule is NC(=CC(COc1ccc(-c2ccc3c(c2)OCCO3)cc1)=Nc1ccccc1O)C(F)(F)F. The number of nitrogens with zero attached hydrogens (tertiary/aromatic N) is 1. The number of fused-ring (bicyclic) bond motifs is 1. The molecule has 1 heterocycles. The molecule has 0 aliphatic carbocycles. The third-order valence-corrected chi connectivity index (χ3v) is 4.91. The van der Waals surface area contributed by atoms with Crippen molar-refractivity contribution in [1.82, 2.24) is 0 Å². The quantitative estimate of drug-likeness (QED) is 0.472. The molecule has 0 spiro atoms. The zero-order valence-electron chi connectivity index (χ0n) is 17.9. The number of ether oxygens (including phenoxy) is 3. The number of hydrogen-bond donors (Lipinski definition) is 2. The second-order valence-corrected chi connectivity index (χ2v) is 7.36. The summed E-state index contributed by atoms with van der Waals surface area (Å²) in [6.07, 6.45) is -4.03. The van der Waals surface area contributed by atoms with Crippen LogP contribution in [-0.4, -0.2) is 36.8 Å². The molecule has 0 atom stereocenters. The molecule has 6 nitrogen and oxygen atoms in total. The van der Waals surface area contributed by atoms with Crippen LogP contribution in [0.2, 0.25) is 0 Å². The highest BCUT2D eigenvalue weighted by Gasteiger charge is 2.31. The number of aliphatic imine (C=N–C) groups is 1. The largest absolute Gasteiger partial charge is 0.506 e. The van der Waals surface area contributed by atoms with E-state index in [4.69, 9.17) is 19.9 Å². The van der Waals surface area contributed by atoms with Gasteiger partial charge in [0.2, 0.25) is 0 Å². The highest BCUT2D eigenvalue weighted by atomic mass is 19.4. The van der Waals surface area contributed by atoms with Gasteiger partial charge in [0.15, 0.2) is 11.5 Å². The Morgan fingerprint density at radius 2 is 1.65 bits per heavy atom. The minimum atomic E-state index is -4.72. The van der Waals surface area contributed by atoms with Crippen LogP contribution in [0.15, 0.2) is 83.5 Å². The zero-order valence-corrected chi connectivity index (χ0v) is 17.9. The van der Waals surface area contributed by atoms with E-state index < -0.39 is 11.9 Å². The average Bonchev–Trinajstić information content (AvgIpc) is 2.83. The molecule has 3 N–H and O–H groups in total. The van der Waals surface area contributed by atoms with E-state index in [1.54, 1.807) is 24.3 Å². The fourth-order valence-electron chi connectivity index (χ4n) is 3.20. The monoisotopic (exact) mass is 470 g/mol. The summed E-state index contributed by atoms with van der Waals surface area (Å²) in [5.74, 6) is 1.61. The van der Waals surface area contributed by atoms with Crippen molar-refractivity contribution in [1.29, 1.82) is 0 Å². The molecule has 1 aliphatic rings. The molecule has 0 saturated carbocycles. The van der Waals surface area contributed by atoms with E-state index >= 15 is 0 Å². The van der Waals surface area contributed by atoms with Crippen molar-refractivity contribution in [3.05, 3.63) is 78.5 Å². The third kappa shape index (κ3) is 5.61. The number of aromatic hydroxyl groups is 1. The number of hydrogen-bond acceptors (Lipinski definition) is 6. The van der Waals surface area contributed by atoms with Gasteiger partial charge >= 0.3 is 6.18 Å². The van der Waals surface area contributed by atoms with E-state index in [-0.39, 0.29) is 23.8 Å². The summed E-state index contributed by atoms with van der Waals surface area (Å²) in [6, 6.07) is 18.7. The molecule has 0 aromatic heterocycles. The molecule has 4 rings (SSSR count). The van der Waals surface area contributed by atoms with E-state index in [2.05, 4.69) is 4.99 Å². The minimum Gasteiger partial charge on any atom is -0.506 e. The minimum absolute atomic E-state index is 0.0984. The Balaban J connectivity index is 1.52. The summed E-state index contributed by atoms with van der Waals surface area (Å²) in [5.41, 5.74) is 5.65. The smallest absolute Gasteiger partial charge is 0.430 e. The van der Waals surface area contributed by atoms with Crippen LogP contribution >= 0.6 is 0 Å². The lowest BCUT2D eigenvalue weighted by atomic mass is 10.0. The van der Waals surface area contributed by atoms with Crippen molar-refractivity contribution in [2.24, 2.45) is 10.7 Å². The summed E-state index contributed by atoms with van der Waals surface area (Å²) >= 11 is 0. The van der Waals surface area contributed by atoms with E-state index in [1.807, 2.05) is 30.3 Å². The van der Waals surface area contributed by atoms with E-state index in [9.17, 15) is 18.3 Å². The van der Waals surface area contributed by atoms with Crippen LogP contribution in [0.1, 0.15) is 0 Å². The molecule has 34 heavy (non-hydrogen) atoms. The Morgan fingerprint density at radius 1 is 0.971 bits per heavy atom. The van der Waals surface area contributed by atoms with Crippen molar-refractivity contribution in [2.75, 3.05) is 19.8 Å². The molecule has 0 saturated heterocycles. The van der Waals surface area contributed by atoms with Crippen LogP contribution in [0, 0.1) is 0 Å². The van der Waals surface area contributed by atoms with Crippen molar-refractivity contribution >= 4 is 11.4 Å². The van der Waals surface area contributed by atoms with Crippen LogP contribution in [0.4, 0.5) is 18.9 Å². The lowest BCUT2D eigenvalue weighted by Gasteiger charge is -2.19. The second-order valence-electron chi connectivity index (χ2n) is 7.36. The molecule has 0 radical (unpaired) electrons. The molecule has 3 aromatic carbocycles. The Kier molecular flexibility index (Phi) is 6.62. The molecule has 0 fully saturated rings. The molecule has 0 unspecified atom stereocenters. The Hall–Kier alpha value is -4.14. The first-order valence-electron chi connectivity index (χ1n) is 10.3. The maximum absolute atomic E-state index is 12.9. The van der Waals surface area contributed by atoms with Crippen LogP contribution in [0.25, 0.3) is 11.1 Å². The van der Waals surface area contributed by atoms with Crippen LogP contribution in [0.3, 0.4) is 0 Å². The summed E-state index contributed by atoms with van der Waals surface area (Å²) in [7, 11) is 0. The summed E-state index contributed by atoms with van der Waals surface area (Å²) in [4.78, 5) is 4.09. The molecular weight excluding hydrogens is 449 g/mol. The number of allylic oxidation sites excluding steroid dienone is 1. The fourth-order valence-corrected chi connectivity index (χ4v) is 3.20. The van der Waals surface area contributed by atoms with Crippen LogP contribution in [-0.2, 0) is 0 Å². The predicted molar refractivity (Wildman–Crippen MR) is 122 cm³/mol. The first-order valence-corrected chi connectivity index (χ1v) is 10.3. The maximum atomic E-state index is 12.9. The average molecular weight is 470 g/mol. The standard InChI is InChI=1S/C25H21F3N2O4/c26-25(27,28)24(29)14-18(30-20-3-1-2-4-21(20)31)15-34-19-8-5-16(6-9-19)17-7-10-22-23(13-17)33-12-11-32-22/h1-10,13-14,31H,11-12,15,29H2. The molecule has 0 amide bonds. The number of alkyl halides is 3. The zero-order chi connectivity index (χ0) is 24.1. The lowest BCUT2D eigenvalue weighted by Crippen LogP contribution is -2.22. The Morgan fingerprint density at radius 3 is 2.35 bits per heavy atom. The van der Waals surface area contributed by atoms with Gasteiger partial charge in [0.05, 0.1) is 5.71 Å². The van der Waals surface area contributed by atoms with Gasteiger partial charge in [0.25, 0.3) is 0 Å². The van der Waals surface area contributed by atoms with Crippen molar-refractivity contribution in [3.8, 4) is 34.1 Å². The van der Waals surface area contributed by atoms with Gasteiger partial charge in [-0.15, -0.1) is 0 Å². The first kappa shape index (κ1) is 23.0. The summed E-state index contributed by atoms with van der Waals surface area (Å²) in [5, 5.41) is 9.91. The highest BCUT2D eigenvalue weighted by Crippen LogP contribution is 2.35. The van der Waals surface area contributed by atoms with Gasteiger partial charge in [-0.2, -0.15) is 13.2 Å². The first-order chi connectivity index (χ1) is 16.3. The number of halogens is 3. The Bertz CT molecular complexity index is 1220. The maximum Gasteiger partial charge on any atom is 0.430 e. The van der Waals surface area contributed by atoms with Crippen molar-refractivity contribution in [2.45, 2.75) is 6.18 Å². The number of nitrogens with two attached hydrogens (primary N) is 1. The normalized spacial score (nSPS) is 14.1. The number of phenolic OH excluding ortho intramolecular Hbond substituents is 1.